The van der Waals surface area contributed by atoms with E-state index in [1.807, 2.05) is 50.3 Å². The average Bonchev–Trinajstić information content (AvgIpc) is 2.86. The van der Waals surface area contributed by atoms with Crippen molar-refractivity contribution in [2.75, 3.05) is 0 Å². The molecule has 1 heterocycles. The fourth-order valence-corrected chi connectivity index (χ4v) is 2.96. The van der Waals surface area contributed by atoms with Gasteiger partial charge in [0.25, 0.3) is 0 Å². The van der Waals surface area contributed by atoms with Crippen molar-refractivity contribution in [3.63, 3.8) is 0 Å². The predicted molar refractivity (Wildman–Crippen MR) is 98.6 cm³/mol. The van der Waals surface area contributed by atoms with Gasteiger partial charge < -0.3 is 9.30 Å². The van der Waals surface area contributed by atoms with Crippen molar-refractivity contribution in [3.8, 4) is 11.3 Å². The van der Waals surface area contributed by atoms with Crippen LogP contribution >= 0.6 is 0 Å². The molecule has 122 valence electrons. The van der Waals surface area contributed by atoms with Crippen LogP contribution in [0.4, 0.5) is 0 Å². The molecule has 0 aliphatic heterocycles. The van der Waals surface area contributed by atoms with Crippen LogP contribution in [0.3, 0.4) is 0 Å². The summed E-state index contributed by atoms with van der Waals surface area (Å²) in [5, 5.41) is 1.12. The van der Waals surface area contributed by atoms with E-state index in [1.54, 1.807) is 0 Å². The first-order chi connectivity index (χ1) is 11.6. The second-order valence-electron chi connectivity index (χ2n) is 6.02. The fourth-order valence-electron chi connectivity index (χ4n) is 2.96. The first kappa shape index (κ1) is 16.1. The number of aryl methyl sites for hydroxylation is 1. The fraction of sp³-hybridized carbons (Fsp3) is 0.190. The number of fused-ring (bicyclic) bond motifs is 1. The van der Waals surface area contributed by atoms with E-state index in [1.165, 1.54) is 6.08 Å². The Hall–Kier alpha value is -2.81. The van der Waals surface area contributed by atoms with Crippen LogP contribution in [0.2, 0.25) is 0 Å². The van der Waals surface area contributed by atoms with Crippen LogP contribution in [0.5, 0.6) is 0 Å². The number of hydrogen-bond donors (Lipinski definition) is 0. The van der Waals surface area contributed by atoms with Gasteiger partial charge in [-0.05, 0) is 31.6 Å². The highest BCUT2D eigenvalue weighted by Gasteiger charge is 2.14. The summed E-state index contributed by atoms with van der Waals surface area (Å²) in [4.78, 5) is 11.9. The molecule has 0 unspecified atom stereocenters. The molecule has 0 aliphatic rings. The van der Waals surface area contributed by atoms with Crippen molar-refractivity contribution in [1.82, 2.24) is 4.57 Å². The molecule has 0 aliphatic carbocycles. The molecule has 0 amide bonds. The first-order valence-electron chi connectivity index (χ1n) is 8.09. The zero-order valence-corrected chi connectivity index (χ0v) is 14.2. The Morgan fingerprint density at radius 3 is 2.42 bits per heavy atom. The van der Waals surface area contributed by atoms with Gasteiger partial charge in [0.15, 0.2) is 0 Å². The number of aromatic nitrogens is 1. The second-order valence-corrected chi connectivity index (χ2v) is 6.02. The Morgan fingerprint density at radius 2 is 1.71 bits per heavy atom. The standard InChI is InChI=1S/C21H21NO2/c1-15(2)24-20(23)14-13-18-17-11-7-8-12-19(17)22(3)21(18)16-9-5-4-6-10-16/h4-15H,1-3H3. The summed E-state index contributed by atoms with van der Waals surface area (Å²) in [5.74, 6) is -0.322. The summed E-state index contributed by atoms with van der Waals surface area (Å²) in [6.07, 6.45) is 3.24. The lowest BCUT2D eigenvalue weighted by molar-refractivity contribution is -0.141. The molecular weight excluding hydrogens is 298 g/mol. The quantitative estimate of drug-likeness (QED) is 0.510. The third-order valence-corrected chi connectivity index (χ3v) is 3.93. The van der Waals surface area contributed by atoms with Gasteiger partial charge in [0.2, 0.25) is 0 Å². The van der Waals surface area contributed by atoms with Crippen LogP contribution in [-0.2, 0) is 16.6 Å². The molecule has 3 heteroatoms. The lowest BCUT2D eigenvalue weighted by atomic mass is 10.0. The molecular formula is C21H21NO2. The van der Waals surface area contributed by atoms with Crippen molar-refractivity contribution >= 4 is 22.9 Å². The van der Waals surface area contributed by atoms with Crippen molar-refractivity contribution in [3.05, 3.63) is 66.2 Å². The highest BCUT2D eigenvalue weighted by Crippen LogP contribution is 2.33. The minimum absolute atomic E-state index is 0.122. The van der Waals surface area contributed by atoms with Crippen LogP contribution in [0.25, 0.3) is 28.2 Å². The van der Waals surface area contributed by atoms with E-state index < -0.39 is 0 Å². The Labute approximate surface area is 142 Å². The van der Waals surface area contributed by atoms with Gasteiger partial charge in [-0.2, -0.15) is 0 Å². The largest absolute Gasteiger partial charge is 0.460 e. The molecule has 0 saturated carbocycles. The SMILES string of the molecule is CC(C)OC(=O)C=Cc1c(-c2ccccc2)n(C)c2ccccc12. The Bertz CT molecular complexity index is 889. The Morgan fingerprint density at radius 1 is 1.04 bits per heavy atom. The lowest BCUT2D eigenvalue weighted by Crippen LogP contribution is -2.08. The minimum atomic E-state index is -0.322. The third kappa shape index (κ3) is 3.11. The molecule has 0 atom stereocenters. The van der Waals surface area contributed by atoms with E-state index in [4.69, 9.17) is 4.74 Å². The van der Waals surface area contributed by atoms with Gasteiger partial charge in [-0.25, -0.2) is 4.79 Å². The Balaban J connectivity index is 2.15. The van der Waals surface area contributed by atoms with Gasteiger partial charge in [0.05, 0.1) is 11.8 Å². The number of rotatable bonds is 4. The van der Waals surface area contributed by atoms with Crippen molar-refractivity contribution in [2.24, 2.45) is 7.05 Å². The summed E-state index contributed by atoms with van der Waals surface area (Å²) < 4.78 is 7.37. The molecule has 3 aromatic rings. The topological polar surface area (TPSA) is 31.2 Å². The van der Waals surface area contributed by atoms with Crippen molar-refractivity contribution < 1.29 is 9.53 Å². The molecule has 0 N–H and O–H groups in total. The van der Waals surface area contributed by atoms with E-state index in [-0.39, 0.29) is 12.1 Å². The van der Waals surface area contributed by atoms with Crippen LogP contribution < -0.4 is 0 Å². The Kier molecular flexibility index (Phi) is 4.52. The number of esters is 1. The molecule has 2 aromatic carbocycles. The summed E-state index contributed by atoms with van der Waals surface area (Å²) in [6.45, 7) is 3.69. The van der Waals surface area contributed by atoms with E-state index in [9.17, 15) is 4.79 Å². The number of ether oxygens (including phenoxy) is 1. The number of nitrogens with zero attached hydrogens (tertiary/aromatic N) is 1. The smallest absolute Gasteiger partial charge is 0.331 e. The van der Waals surface area contributed by atoms with Gasteiger partial charge in [-0.1, -0.05) is 48.5 Å². The molecule has 24 heavy (non-hydrogen) atoms. The molecule has 0 spiro atoms. The summed E-state index contributed by atoms with van der Waals surface area (Å²) in [6, 6.07) is 18.4. The second kappa shape index (κ2) is 6.75. The van der Waals surface area contributed by atoms with Crippen molar-refractivity contribution in [2.45, 2.75) is 20.0 Å². The summed E-state index contributed by atoms with van der Waals surface area (Å²) >= 11 is 0. The molecule has 0 fully saturated rings. The monoisotopic (exact) mass is 319 g/mol. The van der Waals surface area contributed by atoms with Gasteiger partial charge in [-0.3, -0.25) is 0 Å². The molecule has 1 aromatic heterocycles. The number of carbonyl (C=O) groups is 1. The highest BCUT2D eigenvalue weighted by atomic mass is 16.5. The molecule has 0 bridgehead atoms. The number of benzene rings is 2. The maximum Gasteiger partial charge on any atom is 0.331 e. The number of carbonyl (C=O) groups excluding carboxylic acids is 1. The van der Waals surface area contributed by atoms with E-state index in [2.05, 4.69) is 35.9 Å². The zero-order valence-electron chi connectivity index (χ0n) is 14.2. The lowest BCUT2D eigenvalue weighted by Gasteiger charge is -2.07. The van der Waals surface area contributed by atoms with E-state index in [0.717, 1.165) is 27.7 Å². The first-order valence-corrected chi connectivity index (χ1v) is 8.09. The molecule has 0 saturated heterocycles. The number of para-hydroxylation sites is 1. The van der Waals surface area contributed by atoms with E-state index in [0.29, 0.717) is 0 Å². The maximum atomic E-state index is 11.9. The maximum absolute atomic E-state index is 11.9. The van der Waals surface area contributed by atoms with Crippen LogP contribution in [0.15, 0.2) is 60.7 Å². The van der Waals surface area contributed by atoms with E-state index >= 15 is 0 Å². The van der Waals surface area contributed by atoms with Gasteiger partial charge in [0.1, 0.15) is 0 Å². The van der Waals surface area contributed by atoms with Crippen molar-refractivity contribution in [1.29, 1.82) is 0 Å². The van der Waals surface area contributed by atoms with Crippen LogP contribution in [0, 0.1) is 0 Å². The third-order valence-electron chi connectivity index (χ3n) is 3.93. The molecule has 0 radical (unpaired) electrons. The van der Waals surface area contributed by atoms with Crippen LogP contribution in [0.1, 0.15) is 19.4 Å². The van der Waals surface area contributed by atoms with Gasteiger partial charge in [0, 0.05) is 29.6 Å². The van der Waals surface area contributed by atoms with Gasteiger partial charge in [-0.15, -0.1) is 0 Å². The normalized spacial score (nSPS) is 11.5. The van der Waals surface area contributed by atoms with Gasteiger partial charge >= 0.3 is 5.97 Å². The number of hydrogen-bond acceptors (Lipinski definition) is 2. The predicted octanol–water partition coefficient (Wildman–Crippen LogP) is 4.81. The minimum Gasteiger partial charge on any atom is -0.460 e. The van der Waals surface area contributed by atoms with Crippen LogP contribution in [-0.4, -0.2) is 16.6 Å². The zero-order chi connectivity index (χ0) is 17.1. The summed E-state index contributed by atoms with van der Waals surface area (Å²) in [5.41, 5.74) is 4.37. The molecule has 3 rings (SSSR count). The summed E-state index contributed by atoms with van der Waals surface area (Å²) in [7, 11) is 2.05. The molecule has 3 nitrogen and oxygen atoms in total. The average molecular weight is 319 g/mol. The highest BCUT2D eigenvalue weighted by molar-refractivity contribution is 6.00.